The van der Waals surface area contributed by atoms with Crippen LogP contribution in [0.3, 0.4) is 0 Å². The summed E-state index contributed by atoms with van der Waals surface area (Å²) in [7, 11) is 0. The van der Waals surface area contributed by atoms with Gasteiger partial charge in [-0.1, -0.05) is 66.6 Å². The summed E-state index contributed by atoms with van der Waals surface area (Å²) in [5.74, 6) is 6.03. The summed E-state index contributed by atoms with van der Waals surface area (Å²) >= 11 is 0. The maximum Gasteiger partial charge on any atom is 0.308 e. The second-order valence-corrected chi connectivity index (χ2v) is 7.95. The molecule has 0 aliphatic rings. The Hall–Kier alpha value is -2.57. The molecule has 0 heterocycles. The maximum absolute atomic E-state index is 12.5. The zero-order chi connectivity index (χ0) is 20.6. The summed E-state index contributed by atoms with van der Waals surface area (Å²) in [6.07, 6.45) is 0.238. The minimum atomic E-state index is -0.503. The summed E-state index contributed by atoms with van der Waals surface area (Å²) in [6, 6.07) is 20.5. The molecule has 2 atom stereocenters. The summed E-state index contributed by atoms with van der Waals surface area (Å²) < 4.78 is 5.57. The molecule has 0 aliphatic carbocycles. The van der Waals surface area contributed by atoms with Crippen LogP contribution in [0.4, 0.5) is 0 Å². The highest BCUT2D eigenvalue weighted by molar-refractivity contribution is 5.71. The standard InChI is InChI=1S/C25H31NO2/c1-6-13-23(18-24(27)28-25(3,4)5)26(19-21-14-9-7-10-15-21)20(2)22-16-11-8-12-17-22/h7-12,14-17,20,23H,18-19H2,1-5H3/t20-,23-/m1/s1. The first kappa shape index (κ1) is 21.7. The Balaban J connectivity index is 2.32. The van der Waals surface area contributed by atoms with Gasteiger partial charge in [-0.25, -0.2) is 0 Å². The molecular formula is C25H31NO2. The highest BCUT2D eigenvalue weighted by Crippen LogP contribution is 2.26. The van der Waals surface area contributed by atoms with Gasteiger partial charge in [0.2, 0.25) is 0 Å². The molecule has 0 saturated heterocycles. The van der Waals surface area contributed by atoms with E-state index in [1.165, 1.54) is 11.1 Å². The predicted molar refractivity (Wildman–Crippen MR) is 115 cm³/mol. The van der Waals surface area contributed by atoms with E-state index >= 15 is 0 Å². The SMILES string of the molecule is CC#C[C@H](CC(=O)OC(C)(C)C)N(Cc1ccccc1)[C@H](C)c1ccccc1. The lowest BCUT2D eigenvalue weighted by atomic mass is 10.0. The number of ether oxygens (including phenoxy) is 1. The van der Waals surface area contributed by atoms with Gasteiger partial charge in [0.05, 0.1) is 12.5 Å². The zero-order valence-corrected chi connectivity index (χ0v) is 17.6. The average molecular weight is 378 g/mol. The Kier molecular flexibility index (Phi) is 7.84. The van der Waals surface area contributed by atoms with Gasteiger partial charge in [0.15, 0.2) is 0 Å². The predicted octanol–water partition coefficient (Wildman–Crippen LogP) is 5.37. The van der Waals surface area contributed by atoms with Gasteiger partial charge in [-0.15, -0.1) is 5.92 Å². The van der Waals surface area contributed by atoms with E-state index in [1.54, 1.807) is 0 Å². The van der Waals surface area contributed by atoms with Gasteiger partial charge in [0, 0.05) is 12.6 Å². The number of esters is 1. The van der Waals surface area contributed by atoms with Crippen molar-refractivity contribution in [1.29, 1.82) is 0 Å². The molecule has 0 spiro atoms. The molecule has 0 amide bonds. The highest BCUT2D eigenvalue weighted by atomic mass is 16.6. The lowest BCUT2D eigenvalue weighted by Gasteiger charge is -2.34. The van der Waals surface area contributed by atoms with Crippen LogP contribution in [-0.4, -0.2) is 22.5 Å². The van der Waals surface area contributed by atoms with E-state index in [2.05, 4.69) is 47.9 Å². The van der Waals surface area contributed by atoms with Crippen LogP contribution in [0.5, 0.6) is 0 Å². The van der Waals surface area contributed by atoms with E-state index in [4.69, 9.17) is 4.74 Å². The molecule has 2 aromatic rings. The molecule has 0 aliphatic heterocycles. The summed E-state index contributed by atoms with van der Waals surface area (Å²) in [5, 5.41) is 0. The Morgan fingerprint density at radius 1 is 1.04 bits per heavy atom. The van der Waals surface area contributed by atoms with Crippen molar-refractivity contribution in [3.05, 3.63) is 71.8 Å². The number of benzene rings is 2. The highest BCUT2D eigenvalue weighted by Gasteiger charge is 2.28. The van der Waals surface area contributed by atoms with Crippen molar-refractivity contribution in [3.63, 3.8) is 0 Å². The number of hydrogen-bond donors (Lipinski definition) is 0. The molecule has 2 aromatic carbocycles. The molecule has 0 bridgehead atoms. The van der Waals surface area contributed by atoms with Crippen molar-refractivity contribution in [2.75, 3.05) is 0 Å². The van der Waals surface area contributed by atoms with Gasteiger partial charge in [-0.05, 0) is 45.7 Å². The van der Waals surface area contributed by atoms with Crippen LogP contribution in [0.1, 0.15) is 58.2 Å². The third-order valence-corrected chi connectivity index (χ3v) is 4.48. The molecule has 28 heavy (non-hydrogen) atoms. The summed E-state index contributed by atoms with van der Waals surface area (Å²) in [4.78, 5) is 14.8. The van der Waals surface area contributed by atoms with E-state index < -0.39 is 5.60 Å². The largest absolute Gasteiger partial charge is 0.460 e. The number of carbonyl (C=O) groups excluding carboxylic acids is 1. The van der Waals surface area contributed by atoms with Crippen molar-refractivity contribution in [3.8, 4) is 11.8 Å². The summed E-state index contributed by atoms with van der Waals surface area (Å²) in [6.45, 7) is 10.4. The molecule has 0 unspecified atom stereocenters. The van der Waals surface area contributed by atoms with E-state index in [1.807, 2.05) is 64.1 Å². The van der Waals surface area contributed by atoms with Crippen molar-refractivity contribution < 1.29 is 9.53 Å². The third-order valence-electron chi connectivity index (χ3n) is 4.48. The molecular weight excluding hydrogens is 346 g/mol. The van der Waals surface area contributed by atoms with Crippen LogP contribution in [0.2, 0.25) is 0 Å². The Bertz CT molecular complexity index is 797. The normalized spacial score (nSPS) is 13.4. The van der Waals surface area contributed by atoms with E-state index in [0.717, 1.165) is 0 Å². The number of nitrogens with zero attached hydrogens (tertiary/aromatic N) is 1. The minimum absolute atomic E-state index is 0.106. The fourth-order valence-corrected chi connectivity index (χ4v) is 3.19. The van der Waals surface area contributed by atoms with Crippen LogP contribution in [0, 0.1) is 11.8 Å². The quantitative estimate of drug-likeness (QED) is 0.480. The van der Waals surface area contributed by atoms with Gasteiger partial charge in [-0.3, -0.25) is 9.69 Å². The van der Waals surface area contributed by atoms with Crippen molar-refractivity contribution in [2.24, 2.45) is 0 Å². The molecule has 3 nitrogen and oxygen atoms in total. The Labute approximate surface area is 169 Å². The van der Waals surface area contributed by atoms with Gasteiger partial charge in [0.25, 0.3) is 0 Å². The van der Waals surface area contributed by atoms with Crippen LogP contribution < -0.4 is 0 Å². The number of hydrogen-bond acceptors (Lipinski definition) is 3. The van der Waals surface area contributed by atoms with Gasteiger partial charge < -0.3 is 4.74 Å². The van der Waals surface area contributed by atoms with Crippen LogP contribution in [0.25, 0.3) is 0 Å². The minimum Gasteiger partial charge on any atom is -0.460 e. The number of carbonyl (C=O) groups is 1. The van der Waals surface area contributed by atoms with Crippen LogP contribution >= 0.6 is 0 Å². The van der Waals surface area contributed by atoms with Gasteiger partial charge in [0.1, 0.15) is 5.60 Å². The van der Waals surface area contributed by atoms with E-state index in [0.29, 0.717) is 6.54 Å². The topological polar surface area (TPSA) is 29.5 Å². The average Bonchev–Trinajstić information content (AvgIpc) is 2.65. The lowest BCUT2D eigenvalue weighted by molar-refractivity contribution is -0.156. The van der Waals surface area contributed by atoms with Crippen molar-refractivity contribution in [2.45, 2.75) is 65.3 Å². The molecule has 0 saturated carbocycles. The molecule has 3 heteroatoms. The molecule has 0 aromatic heterocycles. The zero-order valence-electron chi connectivity index (χ0n) is 17.6. The van der Waals surface area contributed by atoms with Gasteiger partial charge >= 0.3 is 5.97 Å². The first-order valence-electron chi connectivity index (χ1n) is 9.79. The smallest absolute Gasteiger partial charge is 0.308 e. The molecule has 148 valence electrons. The van der Waals surface area contributed by atoms with Crippen LogP contribution in [-0.2, 0) is 16.1 Å². The lowest BCUT2D eigenvalue weighted by Crippen LogP contribution is -2.39. The third kappa shape index (κ3) is 6.87. The molecule has 2 rings (SSSR count). The van der Waals surface area contributed by atoms with Crippen molar-refractivity contribution in [1.82, 2.24) is 4.90 Å². The molecule has 0 fully saturated rings. The second kappa shape index (κ2) is 10.1. The van der Waals surface area contributed by atoms with Crippen LogP contribution in [0.15, 0.2) is 60.7 Å². The maximum atomic E-state index is 12.5. The first-order valence-corrected chi connectivity index (χ1v) is 9.79. The summed E-state index contributed by atoms with van der Waals surface area (Å²) in [5.41, 5.74) is 1.89. The van der Waals surface area contributed by atoms with E-state index in [9.17, 15) is 4.79 Å². The first-order chi connectivity index (χ1) is 13.3. The Morgan fingerprint density at radius 3 is 2.14 bits per heavy atom. The van der Waals surface area contributed by atoms with Gasteiger partial charge in [-0.2, -0.15) is 0 Å². The fourth-order valence-electron chi connectivity index (χ4n) is 3.19. The van der Waals surface area contributed by atoms with Crippen molar-refractivity contribution >= 4 is 5.97 Å². The fraction of sp³-hybridized carbons (Fsp3) is 0.400. The number of rotatable bonds is 7. The van der Waals surface area contributed by atoms with E-state index in [-0.39, 0.29) is 24.5 Å². The monoisotopic (exact) mass is 377 g/mol. The Morgan fingerprint density at radius 2 is 1.61 bits per heavy atom. The second-order valence-electron chi connectivity index (χ2n) is 7.95. The molecule has 0 N–H and O–H groups in total. The molecule has 0 radical (unpaired) electrons.